The van der Waals surface area contributed by atoms with Crippen molar-refractivity contribution in [1.29, 1.82) is 0 Å². The summed E-state index contributed by atoms with van der Waals surface area (Å²) in [6, 6.07) is 8.34. The second-order valence-electron chi connectivity index (χ2n) is 7.17. The molecule has 8 heteroatoms. The van der Waals surface area contributed by atoms with E-state index in [1.165, 1.54) is 0 Å². The number of aryl methyl sites for hydroxylation is 1. The molecule has 1 saturated heterocycles. The van der Waals surface area contributed by atoms with Crippen molar-refractivity contribution in [3.05, 3.63) is 54.5 Å². The quantitative estimate of drug-likeness (QED) is 0.542. The molecule has 1 fully saturated rings. The van der Waals surface area contributed by atoms with Gasteiger partial charge in [-0.3, -0.25) is 4.98 Å². The number of fused-ring (bicyclic) bond motifs is 1. The predicted octanol–water partition coefficient (Wildman–Crippen LogP) is 2.97. The number of pyridine rings is 2. The van der Waals surface area contributed by atoms with Crippen LogP contribution in [0.25, 0.3) is 16.9 Å². The van der Waals surface area contributed by atoms with Crippen molar-refractivity contribution in [2.24, 2.45) is 5.92 Å². The van der Waals surface area contributed by atoms with E-state index in [0.717, 1.165) is 55.3 Å². The molecule has 28 heavy (non-hydrogen) atoms. The average Bonchev–Trinajstić information content (AvgIpc) is 3.32. The van der Waals surface area contributed by atoms with Gasteiger partial charge >= 0.3 is 0 Å². The number of piperidine rings is 1. The monoisotopic (exact) mass is 375 g/mol. The van der Waals surface area contributed by atoms with Gasteiger partial charge in [-0.2, -0.15) is 10.1 Å². The molecule has 0 spiro atoms. The fraction of sp³-hybridized carbons (Fsp3) is 0.350. The van der Waals surface area contributed by atoms with Crippen molar-refractivity contribution in [1.82, 2.24) is 29.7 Å². The topological polar surface area (TPSA) is 85.8 Å². The Labute approximate surface area is 162 Å². The van der Waals surface area contributed by atoms with E-state index in [2.05, 4.69) is 29.9 Å². The lowest BCUT2D eigenvalue weighted by molar-refractivity contribution is 0.386. The predicted molar refractivity (Wildman–Crippen MR) is 104 cm³/mol. The third-order valence-corrected chi connectivity index (χ3v) is 5.10. The Kier molecular flexibility index (Phi) is 4.23. The molecule has 0 aromatic carbocycles. The molecule has 0 aliphatic carbocycles. The summed E-state index contributed by atoms with van der Waals surface area (Å²) in [6.07, 6.45) is 8.40. The normalized spacial score (nSPS) is 17.3. The zero-order valence-corrected chi connectivity index (χ0v) is 15.7. The summed E-state index contributed by atoms with van der Waals surface area (Å²) in [4.78, 5) is 19.8. The van der Waals surface area contributed by atoms with Crippen LogP contribution in [0.4, 0.5) is 6.01 Å². The van der Waals surface area contributed by atoms with Gasteiger partial charge in [0.2, 0.25) is 5.65 Å². The molecule has 5 rings (SSSR count). The molecule has 1 aliphatic heterocycles. The van der Waals surface area contributed by atoms with Crippen LogP contribution in [0.1, 0.15) is 24.5 Å². The van der Waals surface area contributed by atoms with Crippen molar-refractivity contribution in [2.45, 2.75) is 26.2 Å². The Morgan fingerprint density at radius 1 is 1.14 bits per heavy atom. The molecule has 0 N–H and O–H groups in total. The largest absolute Gasteiger partial charge is 0.422 e. The lowest BCUT2D eigenvalue weighted by atomic mass is 9.94. The van der Waals surface area contributed by atoms with E-state index in [1.807, 2.05) is 35.9 Å². The number of aromatic nitrogens is 6. The molecule has 142 valence electrons. The standard InChI is InChI=1S/C20H21N7O/c1-14-23-18(27(25-14)16-6-9-21-10-7-16)12-15-4-3-11-26(13-15)20-24-19-17(28-20)5-2-8-22-19/h2,5-10,15H,3-4,11-13H2,1H3. The maximum Gasteiger partial charge on any atom is 0.299 e. The lowest BCUT2D eigenvalue weighted by Crippen LogP contribution is -2.36. The number of rotatable bonds is 4. The summed E-state index contributed by atoms with van der Waals surface area (Å²) in [5.74, 6) is 2.22. The molecule has 5 heterocycles. The van der Waals surface area contributed by atoms with Crippen molar-refractivity contribution in [3.8, 4) is 5.69 Å². The summed E-state index contributed by atoms with van der Waals surface area (Å²) in [5.41, 5.74) is 2.38. The van der Waals surface area contributed by atoms with E-state index in [9.17, 15) is 0 Å². The van der Waals surface area contributed by atoms with Crippen LogP contribution in [0.3, 0.4) is 0 Å². The maximum atomic E-state index is 5.92. The minimum atomic E-state index is 0.459. The highest BCUT2D eigenvalue weighted by Gasteiger charge is 2.25. The highest BCUT2D eigenvalue weighted by molar-refractivity contribution is 5.69. The second kappa shape index (κ2) is 7.03. The number of nitrogens with zero attached hydrogens (tertiary/aromatic N) is 7. The third kappa shape index (κ3) is 3.21. The van der Waals surface area contributed by atoms with Crippen LogP contribution >= 0.6 is 0 Å². The molecular weight excluding hydrogens is 354 g/mol. The molecule has 1 aliphatic rings. The van der Waals surface area contributed by atoms with Crippen molar-refractivity contribution in [2.75, 3.05) is 18.0 Å². The Balaban J connectivity index is 1.36. The average molecular weight is 375 g/mol. The van der Waals surface area contributed by atoms with Gasteiger partial charge in [-0.15, -0.1) is 0 Å². The summed E-state index contributed by atoms with van der Waals surface area (Å²) < 4.78 is 7.85. The van der Waals surface area contributed by atoms with Gasteiger partial charge in [0, 0.05) is 38.1 Å². The Morgan fingerprint density at radius 2 is 2.04 bits per heavy atom. The minimum absolute atomic E-state index is 0.459. The van der Waals surface area contributed by atoms with E-state index >= 15 is 0 Å². The highest BCUT2D eigenvalue weighted by atomic mass is 16.4. The first kappa shape index (κ1) is 16.9. The molecule has 0 radical (unpaired) electrons. The SMILES string of the molecule is Cc1nc(CC2CCCN(c3nc4ncccc4o3)C2)n(-c2ccncc2)n1. The fourth-order valence-corrected chi connectivity index (χ4v) is 3.84. The van der Waals surface area contributed by atoms with Crippen LogP contribution in [0, 0.1) is 12.8 Å². The Hall–Kier alpha value is -3.29. The fourth-order valence-electron chi connectivity index (χ4n) is 3.84. The summed E-state index contributed by atoms with van der Waals surface area (Å²) in [7, 11) is 0. The molecule has 0 bridgehead atoms. The van der Waals surface area contributed by atoms with Crippen LogP contribution < -0.4 is 4.90 Å². The number of oxazole rings is 1. The molecular formula is C20H21N7O. The van der Waals surface area contributed by atoms with Crippen molar-refractivity contribution in [3.63, 3.8) is 0 Å². The molecule has 8 nitrogen and oxygen atoms in total. The van der Waals surface area contributed by atoms with Crippen molar-refractivity contribution >= 4 is 17.2 Å². The van der Waals surface area contributed by atoms with Crippen LogP contribution in [0.15, 0.2) is 47.3 Å². The number of anilines is 1. The molecule has 4 aromatic rings. The first-order valence-corrected chi connectivity index (χ1v) is 9.56. The van der Waals surface area contributed by atoms with Crippen LogP contribution in [-0.2, 0) is 6.42 Å². The Morgan fingerprint density at radius 3 is 2.89 bits per heavy atom. The zero-order chi connectivity index (χ0) is 18.9. The molecule has 0 amide bonds. The van der Waals surface area contributed by atoms with Gasteiger partial charge in [-0.1, -0.05) is 0 Å². The van der Waals surface area contributed by atoms with E-state index in [4.69, 9.17) is 4.42 Å². The zero-order valence-electron chi connectivity index (χ0n) is 15.7. The van der Waals surface area contributed by atoms with Crippen LogP contribution in [0.5, 0.6) is 0 Å². The summed E-state index contributed by atoms with van der Waals surface area (Å²) in [6.45, 7) is 3.76. The van der Waals surface area contributed by atoms with E-state index in [-0.39, 0.29) is 0 Å². The molecule has 0 saturated carbocycles. The van der Waals surface area contributed by atoms with Crippen molar-refractivity contribution < 1.29 is 4.42 Å². The van der Waals surface area contributed by atoms with Gasteiger partial charge in [0.1, 0.15) is 11.6 Å². The third-order valence-electron chi connectivity index (χ3n) is 5.10. The summed E-state index contributed by atoms with van der Waals surface area (Å²) >= 11 is 0. The van der Waals surface area contributed by atoms with Gasteiger partial charge in [0.25, 0.3) is 6.01 Å². The highest BCUT2D eigenvalue weighted by Crippen LogP contribution is 2.27. The molecule has 1 unspecified atom stereocenters. The maximum absolute atomic E-state index is 5.92. The van der Waals surface area contributed by atoms with E-state index in [0.29, 0.717) is 17.6 Å². The molecule has 4 aromatic heterocycles. The Bertz CT molecular complexity index is 1060. The first-order valence-electron chi connectivity index (χ1n) is 9.56. The van der Waals surface area contributed by atoms with Gasteiger partial charge in [0.15, 0.2) is 5.58 Å². The lowest BCUT2D eigenvalue weighted by Gasteiger charge is -2.31. The second-order valence-corrected chi connectivity index (χ2v) is 7.17. The van der Waals surface area contributed by atoms with Crippen LogP contribution in [-0.4, -0.2) is 42.8 Å². The first-order chi connectivity index (χ1) is 13.8. The smallest absolute Gasteiger partial charge is 0.299 e. The van der Waals surface area contributed by atoms with Gasteiger partial charge < -0.3 is 9.32 Å². The molecule has 1 atom stereocenters. The van der Waals surface area contributed by atoms with Gasteiger partial charge in [0.05, 0.1) is 5.69 Å². The van der Waals surface area contributed by atoms with Crippen LogP contribution in [0.2, 0.25) is 0 Å². The van der Waals surface area contributed by atoms with E-state index < -0.39 is 0 Å². The van der Waals surface area contributed by atoms with Gasteiger partial charge in [-0.25, -0.2) is 14.6 Å². The number of hydrogen-bond acceptors (Lipinski definition) is 7. The number of hydrogen-bond donors (Lipinski definition) is 0. The van der Waals surface area contributed by atoms with Gasteiger partial charge in [-0.05, 0) is 49.9 Å². The summed E-state index contributed by atoms with van der Waals surface area (Å²) in [5, 5.41) is 4.58. The van der Waals surface area contributed by atoms with E-state index in [1.54, 1.807) is 18.6 Å². The minimum Gasteiger partial charge on any atom is -0.422 e.